The van der Waals surface area contributed by atoms with E-state index < -0.39 is 11.9 Å². The van der Waals surface area contributed by atoms with Gasteiger partial charge in [-0.3, -0.25) is 4.79 Å². The number of carbonyl (C=O) groups is 2. The van der Waals surface area contributed by atoms with Crippen molar-refractivity contribution in [3.8, 4) is 0 Å². The topological polar surface area (TPSA) is 58.6 Å². The smallest absolute Gasteiger partial charge is 0.396 e. The number of likely N-dealkylation sites (N-methyl/N-ethyl adjacent to an activating group) is 1. The molecule has 0 bridgehead atoms. The molecule has 2 rings (SSSR count). The molecule has 0 aromatic heterocycles. The molecule has 1 aromatic carbocycles. The molecule has 0 saturated carbocycles. The standard InChI is InChI=1S/C14H18N2O3/c1-3-19-14(18)13(17)15-9-10-4-5-12-11(8-10)6-7-16(12)2/h4-5,8H,3,6-7,9H2,1-2H3,(H,15,17). The fraction of sp³-hybridized carbons (Fsp3) is 0.429. The average molecular weight is 262 g/mol. The van der Waals surface area contributed by atoms with Crippen LogP contribution in [0.5, 0.6) is 0 Å². The lowest BCUT2D eigenvalue weighted by Gasteiger charge is -2.12. The number of fused-ring (bicyclic) bond motifs is 1. The number of hydrogen-bond acceptors (Lipinski definition) is 4. The first kappa shape index (κ1) is 13.4. The van der Waals surface area contributed by atoms with Crippen LogP contribution >= 0.6 is 0 Å². The molecule has 102 valence electrons. The van der Waals surface area contributed by atoms with E-state index in [1.165, 1.54) is 11.3 Å². The highest BCUT2D eigenvalue weighted by Crippen LogP contribution is 2.27. The molecule has 5 heteroatoms. The Morgan fingerprint density at radius 2 is 2.21 bits per heavy atom. The number of benzene rings is 1. The maximum atomic E-state index is 11.4. The average Bonchev–Trinajstić information content (AvgIpc) is 2.77. The first-order chi connectivity index (χ1) is 9.11. The van der Waals surface area contributed by atoms with Crippen LogP contribution < -0.4 is 10.2 Å². The summed E-state index contributed by atoms with van der Waals surface area (Å²) in [4.78, 5) is 24.8. The maximum Gasteiger partial charge on any atom is 0.396 e. The molecular formula is C14H18N2O3. The Morgan fingerprint density at radius 1 is 1.42 bits per heavy atom. The molecule has 1 N–H and O–H groups in total. The van der Waals surface area contributed by atoms with Gasteiger partial charge in [-0.25, -0.2) is 4.79 Å². The van der Waals surface area contributed by atoms with Gasteiger partial charge in [-0.15, -0.1) is 0 Å². The van der Waals surface area contributed by atoms with Crippen LogP contribution in [0.4, 0.5) is 5.69 Å². The quantitative estimate of drug-likeness (QED) is 0.648. The Hall–Kier alpha value is -2.04. The third kappa shape index (κ3) is 3.05. The van der Waals surface area contributed by atoms with Crippen LogP contribution in [0.15, 0.2) is 18.2 Å². The minimum absolute atomic E-state index is 0.206. The molecule has 19 heavy (non-hydrogen) atoms. The van der Waals surface area contributed by atoms with E-state index in [1.54, 1.807) is 6.92 Å². The molecule has 1 aliphatic rings. The zero-order valence-electron chi connectivity index (χ0n) is 11.2. The highest BCUT2D eigenvalue weighted by Gasteiger charge is 2.17. The second-order valence-electron chi connectivity index (χ2n) is 4.54. The SMILES string of the molecule is CCOC(=O)C(=O)NCc1ccc2c(c1)CCN2C. The number of nitrogens with zero attached hydrogens (tertiary/aromatic N) is 1. The largest absolute Gasteiger partial charge is 0.459 e. The predicted octanol–water partition coefficient (Wildman–Crippen LogP) is 0.858. The second-order valence-corrected chi connectivity index (χ2v) is 4.54. The van der Waals surface area contributed by atoms with Crippen molar-refractivity contribution >= 4 is 17.6 Å². The fourth-order valence-corrected chi connectivity index (χ4v) is 2.18. The van der Waals surface area contributed by atoms with Crippen LogP contribution in [0.1, 0.15) is 18.1 Å². The molecular weight excluding hydrogens is 244 g/mol. The number of hydrogen-bond donors (Lipinski definition) is 1. The lowest BCUT2D eigenvalue weighted by molar-refractivity contribution is -0.154. The summed E-state index contributed by atoms with van der Waals surface area (Å²) < 4.78 is 4.62. The third-order valence-corrected chi connectivity index (χ3v) is 3.19. The first-order valence-corrected chi connectivity index (χ1v) is 6.39. The van der Waals surface area contributed by atoms with Crippen molar-refractivity contribution in [3.63, 3.8) is 0 Å². The fourth-order valence-electron chi connectivity index (χ4n) is 2.18. The number of rotatable bonds is 3. The number of esters is 1. The lowest BCUT2D eigenvalue weighted by atomic mass is 10.1. The van der Waals surface area contributed by atoms with Crippen LogP contribution in [0, 0.1) is 0 Å². The number of ether oxygens (including phenoxy) is 1. The minimum atomic E-state index is -0.830. The van der Waals surface area contributed by atoms with Crippen molar-refractivity contribution in [2.75, 3.05) is 25.1 Å². The van der Waals surface area contributed by atoms with Gasteiger partial charge in [-0.05, 0) is 30.5 Å². The van der Waals surface area contributed by atoms with Crippen molar-refractivity contribution < 1.29 is 14.3 Å². The van der Waals surface area contributed by atoms with E-state index in [9.17, 15) is 9.59 Å². The van der Waals surface area contributed by atoms with Crippen LogP contribution in [-0.4, -0.2) is 32.1 Å². The first-order valence-electron chi connectivity index (χ1n) is 6.39. The van der Waals surface area contributed by atoms with Crippen LogP contribution in [0.25, 0.3) is 0 Å². The summed E-state index contributed by atoms with van der Waals surface area (Å²) in [6.45, 7) is 3.24. The monoisotopic (exact) mass is 262 g/mol. The summed E-state index contributed by atoms with van der Waals surface area (Å²) in [5.41, 5.74) is 3.51. The zero-order valence-corrected chi connectivity index (χ0v) is 11.2. The molecule has 1 amide bonds. The number of nitrogens with one attached hydrogen (secondary N) is 1. The van der Waals surface area contributed by atoms with Gasteiger partial charge in [0.15, 0.2) is 0 Å². The molecule has 0 fully saturated rings. The molecule has 1 heterocycles. The van der Waals surface area contributed by atoms with Crippen LogP contribution in [-0.2, 0) is 27.3 Å². The highest BCUT2D eigenvalue weighted by molar-refractivity contribution is 6.32. The lowest BCUT2D eigenvalue weighted by Crippen LogP contribution is -2.32. The van der Waals surface area contributed by atoms with E-state index in [-0.39, 0.29) is 6.61 Å². The number of carbonyl (C=O) groups excluding carboxylic acids is 2. The molecule has 1 aliphatic heterocycles. The van der Waals surface area contributed by atoms with Gasteiger partial charge in [0.05, 0.1) is 6.61 Å². The van der Waals surface area contributed by atoms with Gasteiger partial charge >= 0.3 is 11.9 Å². The van der Waals surface area contributed by atoms with Gasteiger partial charge in [-0.2, -0.15) is 0 Å². The molecule has 0 saturated heterocycles. The third-order valence-electron chi connectivity index (χ3n) is 3.19. The molecule has 5 nitrogen and oxygen atoms in total. The van der Waals surface area contributed by atoms with E-state index in [0.717, 1.165) is 18.5 Å². The predicted molar refractivity (Wildman–Crippen MR) is 71.9 cm³/mol. The summed E-state index contributed by atoms with van der Waals surface area (Å²) in [6, 6.07) is 6.09. The summed E-state index contributed by atoms with van der Waals surface area (Å²) >= 11 is 0. The number of anilines is 1. The molecule has 0 radical (unpaired) electrons. The summed E-state index contributed by atoms with van der Waals surface area (Å²) in [5, 5.41) is 2.56. The van der Waals surface area contributed by atoms with Crippen molar-refractivity contribution in [2.45, 2.75) is 19.9 Å². The van der Waals surface area contributed by atoms with Gasteiger partial charge in [-0.1, -0.05) is 12.1 Å². The Morgan fingerprint density at radius 3 is 2.95 bits per heavy atom. The number of amides is 1. The van der Waals surface area contributed by atoms with Gasteiger partial charge in [0, 0.05) is 25.8 Å². The highest BCUT2D eigenvalue weighted by atomic mass is 16.5. The van der Waals surface area contributed by atoms with Crippen molar-refractivity contribution in [3.05, 3.63) is 29.3 Å². The van der Waals surface area contributed by atoms with Gasteiger partial charge < -0.3 is 15.0 Å². The molecule has 1 aromatic rings. The molecule has 0 unspecified atom stereocenters. The summed E-state index contributed by atoms with van der Waals surface area (Å²) in [7, 11) is 2.06. The van der Waals surface area contributed by atoms with Crippen molar-refractivity contribution in [1.82, 2.24) is 5.32 Å². The Labute approximate surface area is 112 Å². The van der Waals surface area contributed by atoms with E-state index in [1.807, 2.05) is 12.1 Å². The summed E-state index contributed by atoms with van der Waals surface area (Å²) in [5.74, 6) is -1.53. The molecule has 0 aliphatic carbocycles. The van der Waals surface area contributed by atoms with E-state index in [0.29, 0.717) is 6.54 Å². The van der Waals surface area contributed by atoms with Crippen molar-refractivity contribution in [2.24, 2.45) is 0 Å². The van der Waals surface area contributed by atoms with Crippen molar-refractivity contribution in [1.29, 1.82) is 0 Å². The Bertz CT molecular complexity index is 499. The van der Waals surface area contributed by atoms with Crippen LogP contribution in [0.3, 0.4) is 0 Å². The second kappa shape index (κ2) is 5.73. The zero-order chi connectivity index (χ0) is 13.8. The maximum absolute atomic E-state index is 11.4. The minimum Gasteiger partial charge on any atom is -0.459 e. The summed E-state index contributed by atoms with van der Waals surface area (Å²) in [6.07, 6.45) is 1.02. The molecule has 0 atom stereocenters. The van der Waals surface area contributed by atoms with Gasteiger partial charge in [0.1, 0.15) is 0 Å². The van der Waals surface area contributed by atoms with E-state index in [2.05, 4.69) is 28.1 Å². The van der Waals surface area contributed by atoms with Crippen LogP contribution in [0.2, 0.25) is 0 Å². The van der Waals surface area contributed by atoms with Gasteiger partial charge in [0.25, 0.3) is 0 Å². The van der Waals surface area contributed by atoms with E-state index in [4.69, 9.17) is 0 Å². The normalized spacial score (nSPS) is 13.1. The Balaban J connectivity index is 1.94. The van der Waals surface area contributed by atoms with E-state index >= 15 is 0 Å². The molecule has 0 spiro atoms. The Kier molecular flexibility index (Phi) is 4.04. The van der Waals surface area contributed by atoms with Gasteiger partial charge in [0.2, 0.25) is 0 Å².